The molecular formula is C23H23F3N2O7. The topological polar surface area (TPSA) is 115 Å². The van der Waals surface area contributed by atoms with Crippen LogP contribution in [0.5, 0.6) is 0 Å². The second kappa shape index (κ2) is 8.58. The number of ether oxygens (including phenoxy) is 4. The highest BCUT2D eigenvalue weighted by atomic mass is 19.4. The molecule has 2 amide bonds. The molecule has 12 heteroatoms. The molecule has 0 aliphatic carbocycles. The van der Waals surface area contributed by atoms with Crippen LogP contribution in [0.4, 0.5) is 18.9 Å². The lowest BCUT2D eigenvalue weighted by atomic mass is 9.64. The van der Waals surface area contributed by atoms with E-state index in [1.54, 1.807) is 6.92 Å². The van der Waals surface area contributed by atoms with Crippen LogP contribution in [0.1, 0.15) is 31.4 Å². The van der Waals surface area contributed by atoms with Gasteiger partial charge in [-0.3, -0.25) is 14.4 Å². The second-order valence-electron chi connectivity index (χ2n) is 9.14. The summed E-state index contributed by atoms with van der Waals surface area (Å²) < 4.78 is 61.6. The summed E-state index contributed by atoms with van der Waals surface area (Å²) in [4.78, 5) is 40.3. The van der Waals surface area contributed by atoms with Crippen molar-refractivity contribution < 1.29 is 46.5 Å². The van der Waals surface area contributed by atoms with Crippen molar-refractivity contribution in [2.45, 2.75) is 37.6 Å². The van der Waals surface area contributed by atoms with E-state index < -0.39 is 64.0 Å². The van der Waals surface area contributed by atoms with Crippen molar-refractivity contribution in [3.63, 3.8) is 0 Å². The molecular weight excluding hydrogens is 473 g/mol. The van der Waals surface area contributed by atoms with Gasteiger partial charge in [-0.05, 0) is 38.5 Å². The van der Waals surface area contributed by atoms with E-state index in [2.05, 4.69) is 0 Å². The number of hydrogen-bond acceptors (Lipinski definition) is 8. The maximum absolute atomic E-state index is 13.5. The third-order valence-electron chi connectivity index (χ3n) is 7.02. The van der Waals surface area contributed by atoms with Gasteiger partial charge in [0.05, 0.1) is 65.1 Å². The van der Waals surface area contributed by atoms with Crippen molar-refractivity contribution in [2.24, 2.45) is 17.8 Å². The number of anilines is 1. The summed E-state index contributed by atoms with van der Waals surface area (Å²) in [5, 5.41) is 9.03. The number of rotatable bonds is 7. The third kappa shape index (κ3) is 3.87. The fourth-order valence-electron chi connectivity index (χ4n) is 5.53. The van der Waals surface area contributed by atoms with Crippen molar-refractivity contribution in [2.75, 3.05) is 32.0 Å². The van der Waals surface area contributed by atoms with Gasteiger partial charge in [-0.15, -0.1) is 0 Å². The maximum Gasteiger partial charge on any atom is 0.417 e. The number of nitriles is 1. The van der Waals surface area contributed by atoms with Crippen LogP contribution in [0.15, 0.2) is 18.2 Å². The van der Waals surface area contributed by atoms with E-state index >= 15 is 0 Å². The molecule has 188 valence electrons. The van der Waals surface area contributed by atoms with Crippen LogP contribution < -0.4 is 4.90 Å². The predicted molar refractivity (Wildman–Crippen MR) is 110 cm³/mol. The number of esters is 1. The minimum atomic E-state index is -4.86. The molecule has 35 heavy (non-hydrogen) atoms. The summed E-state index contributed by atoms with van der Waals surface area (Å²) in [6, 6.07) is 4.13. The van der Waals surface area contributed by atoms with Crippen molar-refractivity contribution in [1.29, 1.82) is 5.26 Å². The number of methoxy groups -OCH3 is 1. The number of fused-ring (bicyclic) bond motifs is 5. The summed E-state index contributed by atoms with van der Waals surface area (Å²) in [6.07, 6.45) is -4.77. The smallest absolute Gasteiger partial charge is 0.417 e. The van der Waals surface area contributed by atoms with Gasteiger partial charge in [0.1, 0.15) is 0 Å². The van der Waals surface area contributed by atoms with Crippen molar-refractivity contribution in [3.05, 3.63) is 29.3 Å². The highest BCUT2D eigenvalue weighted by molar-refractivity contribution is 6.23. The van der Waals surface area contributed by atoms with Crippen LogP contribution in [0.3, 0.4) is 0 Å². The Bertz CT molecular complexity index is 1120. The molecule has 1 aromatic rings. The second-order valence-corrected chi connectivity index (χ2v) is 9.14. The molecule has 9 nitrogen and oxygen atoms in total. The zero-order valence-electron chi connectivity index (χ0n) is 19.2. The number of imide groups is 1. The lowest BCUT2D eigenvalue weighted by Crippen LogP contribution is -2.49. The SMILES string of the molecule is COCCOCOC(=O)[C@@H]1C[C@@]2(C)O[C@]1(C)[C@@H]1C(=O)N(c3ccc(C#N)c(C(F)(F)F)c3)C(=O)[C@@H]12. The lowest BCUT2D eigenvalue weighted by Gasteiger charge is -2.33. The number of nitrogens with zero attached hydrogens (tertiary/aromatic N) is 2. The Morgan fingerprint density at radius 3 is 2.54 bits per heavy atom. The van der Waals surface area contributed by atoms with Crippen molar-refractivity contribution in [3.8, 4) is 6.07 Å². The van der Waals surface area contributed by atoms with Gasteiger partial charge in [-0.1, -0.05) is 0 Å². The Labute approximate surface area is 198 Å². The number of hydrogen-bond donors (Lipinski definition) is 0. The quantitative estimate of drug-likeness (QED) is 0.245. The highest BCUT2D eigenvalue weighted by Gasteiger charge is 2.77. The Kier molecular flexibility index (Phi) is 6.15. The van der Waals surface area contributed by atoms with Crippen LogP contribution in [0.2, 0.25) is 0 Å². The van der Waals surface area contributed by atoms with Gasteiger partial charge in [0.15, 0.2) is 6.79 Å². The number of amides is 2. The summed E-state index contributed by atoms with van der Waals surface area (Å²) in [7, 11) is 1.49. The van der Waals surface area contributed by atoms with Crippen LogP contribution in [-0.2, 0) is 39.5 Å². The molecule has 0 saturated carbocycles. The highest BCUT2D eigenvalue weighted by Crippen LogP contribution is 2.63. The Morgan fingerprint density at radius 1 is 1.23 bits per heavy atom. The zero-order valence-corrected chi connectivity index (χ0v) is 19.2. The van der Waals surface area contributed by atoms with Crippen molar-refractivity contribution in [1.82, 2.24) is 0 Å². The molecule has 3 fully saturated rings. The van der Waals surface area contributed by atoms with E-state index in [0.29, 0.717) is 17.6 Å². The van der Waals surface area contributed by atoms with Gasteiger partial charge in [-0.25, -0.2) is 4.90 Å². The van der Waals surface area contributed by atoms with Gasteiger partial charge < -0.3 is 18.9 Å². The number of alkyl halides is 3. The summed E-state index contributed by atoms with van der Waals surface area (Å²) in [5.41, 5.74) is -4.76. The van der Waals surface area contributed by atoms with Crippen LogP contribution in [-0.4, -0.2) is 56.1 Å². The van der Waals surface area contributed by atoms with Gasteiger partial charge in [-0.2, -0.15) is 18.4 Å². The molecule has 2 bridgehead atoms. The molecule has 3 aliphatic heterocycles. The van der Waals surface area contributed by atoms with Gasteiger partial charge in [0.2, 0.25) is 11.8 Å². The fraction of sp³-hybridized carbons (Fsp3) is 0.565. The Hall–Kier alpha value is -3.01. The Morgan fingerprint density at radius 2 is 1.91 bits per heavy atom. The van der Waals surface area contributed by atoms with Crippen LogP contribution >= 0.6 is 0 Å². The van der Waals surface area contributed by atoms with Crippen LogP contribution in [0, 0.1) is 29.1 Å². The summed E-state index contributed by atoms with van der Waals surface area (Å²) in [5.74, 6) is -5.10. The molecule has 3 saturated heterocycles. The maximum atomic E-state index is 13.5. The first-order valence-corrected chi connectivity index (χ1v) is 10.8. The van der Waals surface area contributed by atoms with Gasteiger partial charge in [0, 0.05) is 7.11 Å². The monoisotopic (exact) mass is 496 g/mol. The van der Waals surface area contributed by atoms with Crippen LogP contribution in [0.25, 0.3) is 0 Å². The van der Waals surface area contributed by atoms with Gasteiger partial charge in [0.25, 0.3) is 0 Å². The molecule has 0 spiro atoms. The number of carbonyl (C=O) groups excluding carboxylic acids is 3. The van der Waals surface area contributed by atoms with E-state index in [4.69, 9.17) is 24.2 Å². The summed E-state index contributed by atoms with van der Waals surface area (Å²) in [6.45, 7) is 3.32. The average molecular weight is 496 g/mol. The molecule has 3 heterocycles. The first-order chi connectivity index (χ1) is 16.4. The molecule has 4 rings (SSSR count). The minimum absolute atomic E-state index is 0.0929. The molecule has 3 aliphatic rings. The van der Waals surface area contributed by atoms with E-state index in [0.717, 1.165) is 12.1 Å². The molecule has 1 aromatic carbocycles. The minimum Gasteiger partial charge on any atom is -0.438 e. The number of carbonyl (C=O) groups is 3. The molecule has 0 unspecified atom stereocenters. The first kappa shape index (κ1) is 25.1. The molecule has 0 aromatic heterocycles. The normalized spacial score (nSPS) is 31.6. The lowest BCUT2D eigenvalue weighted by molar-refractivity contribution is -0.169. The standard InChI is InChI=1S/C23H23F3N2O7/c1-21-9-15(20(31)34-11-33-7-6-32-3)22(2,35-21)17-16(21)18(29)28(19(17)30)13-5-4-12(10-27)14(8-13)23(24,25)26/h4-5,8,15-17H,6-7,9,11H2,1-3H3/t15-,16+,17-,21+,22-/m0/s1. The number of halogens is 3. The predicted octanol–water partition coefficient (Wildman–Crippen LogP) is 2.41. The molecule has 0 N–H and O–H groups in total. The van der Waals surface area contributed by atoms with E-state index in [9.17, 15) is 27.6 Å². The van der Waals surface area contributed by atoms with E-state index in [-0.39, 0.29) is 25.5 Å². The summed E-state index contributed by atoms with van der Waals surface area (Å²) >= 11 is 0. The number of benzene rings is 1. The first-order valence-electron chi connectivity index (χ1n) is 10.8. The molecule has 0 radical (unpaired) electrons. The van der Waals surface area contributed by atoms with Gasteiger partial charge >= 0.3 is 12.1 Å². The largest absolute Gasteiger partial charge is 0.438 e. The van der Waals surface area contributed by atoms with Crippen molar-refractivity contribution >= 4 is 23.5 Å². The van der Waals surface area contributed by atoms with E-state index in [1.807, 2.05) is 0 Å². The molecule has 5 atom stereocenters. The Balaban J connectivity index is 1.61. The van der Waals surface area contributed by atoms with E-state index in [1.165, 1.54) is 20.1 Å². The zero-order chi connectivity index (χ0) is 25.8. The average Bonchev–Trinajstić information content (AvgIpc) is 3.33. The third-order valence-corrected chi connectivity index (χ3v) is 7.02. The fourth-order valence-corrected chi connectivity index (χ4v) is 5.53.